The Hall–Kier alpha value is -6.92. The van der Waals surface area contributed by atoms with E-state index in [9.17, 15) is 43.2 Å². The number of imide groups is 2. The van der Waals surface area contributed by atoms with Crippen molar-refractivity contribution in [1.82, 2.24) is 36.4 Å². The summed E-state index contributed by atoms with van der Waals surface area (Å²) in [7, 11) is 0. The number of allylic oxidation sites excluding steroid dienone is 1. The molecule has 0 bridgehead atoms. The van der Waals surface area contributed by atoms with Crippen molar-refractivity contribution in [3.05, 3.63) is 58.9 Å². The second-order valence-electron chi connectivity index (χ2n) is 24.7. The summed E-state index contributed by atoms with van der Waals surface area (Å²) in [4.78, 5) is 149. The van der Waals surface area contributed by atoms with Crippen LogP contribution in [0.3, 0.4) is 0 Å². The van der Waals surface area contributed by atoms with E-state index in [0.29, 0.717) is 54.4 Å². The molecule has 428 valence electrons. The third-order valence-electron chi connectivity index (χ3n) is 18.1. The monoisotopic (exact) mass is 1100 g/mol. The Balaban J connectivity index is 0.858. The Morgan fingerprint density at radius 1 is 0.825 bits per heavy atom. The van der Waals surface area contributed by atoms with E-state index in [1.54, 1.807) is 30.2 Å². The average Bonchev–Trinajstić information content (AvgIpc) is 4.16. The highest BCUT2D eigenvalue weighted by Gasteiger charge is 2.53. The first-order valence-electron chi connectivity index (χ1n) is 29.3. The zero-order valence-corrected chi connectivity index (χ0v) is 47.0. The van der Waals surface area contributed by atoms with E-state index in [4.69, 9.17) is 0 Å². The maximum Gasteiger partial charge on any atom is 0.289 e. The van der Waals surface area contributed by atoms with Gasteiger partial charge in [0.25, 0.3) is 23.6 Å². The van der Waals surface area contributed by atoms with Crippen LogP contribution in [0.5, 0.6) is 0 Å². The van der Waals surface area contributed by atoms with Gasteiger partial charge in [-0.2, -0.15) is 0 Å². The molecule has 0 spiro atoms. The topological polar surface area (TPSA) is 262 Å². The zero-order chi connectivity index (χ0) is 57.2. The second-order valence-corrected chi connectivity index (χ2v) is 24.7. The van der Waals surface area contributed by atoms with Gasteiger partial charge in [0, 0.05) is 42.1 Å². The Morgan fingerprint density at radius 2 is 1.56 bits per heavy atom. The number of piperidine rings is 1. The van der Waals surface area contributed by atoms with Gasteiger partial charge in [-0.25, -0.2) is 0 Å². The number of carbonyl (C=O) groups excluding carboxylic acids is 10. The van der Waals surface area contributed by atoms with E-state index in [1.807, 2.05) is 45.9 Å². The van der Waals surface area contributed by atoms with Gasteiger partial charge in [0.1, 0.15) is 29.9 Å². The highest BCUT2D eigenvalue weighted by Crippen LogP contribution is 2.44. The Kier molecular flexibility index (Phi) is 17.6. The molecule has 0 aromatic heterocycles. The lowest BCUT2D eigenvalue weighted by atomic mass is 9.77. The van der Waals surface area contributed by atoms with Crippen LogP contribution in [0.15, 0.2) is 52.2 Å². The number of amides is 9. The molecule has 2 aromatic carbocycles. The van der Waals surface area contributed by atoms with Crippen molar-refractivity contribution in [3.8, 4) is 0 Å². The summed E-state index contributed by atoms with van der Waals surface area (Å²) >= 11 is 0. The maximum atomic E-state index is 15.0. The third kappa shape index (κ3) is 12.4. The Labute approximate surface area is 468 Å². The molecule has 80 heavy (non-hydrogen) atoms. The van der Waals surface area contributed by atoms with Gasteiger partial charge >= 0.3 is 0 Å². The van der Waals surface area contributed by atoms with Crippen LogP contribution in [0.25, 0.3) is 10.8 Å². The number of fused-ring (bicyclic) bond motifs is 1. The van der Waals surface area contributed by atoms with E-state index in [-0.39, 0.29) is 60.6 Å². The van der Waals surface area contributed by atoms with Gasteiger partial charge in [-0.05, 0) is 143 Å². The fourth-order valence-electron chi connectivity index (χ4n) is 13.5. The highest BCUT2D eigenvalue weighted by atomic mass is 16.2. The lowest BCUT2D eigenvalue weighted by Gasteiger charge is -2.38. The van der Waals surface area contributed by atoms with E-state index >= 15 is 4.79 Å². The molecule has 4 saturated carbocycles. The van der Waals surface area contributed by atoms with Gasteiger partial charge in [-0.15, -0.1) is 0 Å². The van der Waals surface area contributed by atoms with Crippen molar-refractivity contribution in [1.29, 1.82) is 0 Å². The first-order valence-corrected chi connectivity index (χ1v) is 29.3. The van der Waals surface area contributed by atoms with Gasteiger partial charge < -0.3 is 26.2 Å². The van der Waals surface area contributed by atoms with Crippen molar-refractivity contribution in [2.45, 2.75) is 193 Å². The number of aliphatic imine (C=N–C) groups is 2. The lowest BCUT2D eigenvalue weighted by Crippen LogP contribution is -2.62. The summed E-state index contributed by atoms with van der Waals surface area (Å²) in [6.45, 7) is 13.2. The minimum absolute atomic E-state index is 0.0145. The normalized spacial score (nSPS) is 25.8. The quantitative estimate of drug-likeness (QED) is 0.0627. The number of likely N-dealkylation sites (tertiary alicyclic amines) is 1. The van der Waals surface area contributed by atoms with Crippen LogP contribution in [0.1, 0.15) is 176 Å². The predicted molar refractivity (Wildman–Crippen MR) is 300 cm³/mol. The summed E-state index contributed by atoms with van der Waals surface area (Å²) in [5, 5.41) is 15.3. The lowest BCUT2D eigenvalue weighted by molar-refractivity contribution is -0.146. The summed E-state index contributed by atoms with van der Waals surface area (Å²) in [5.74, 6) is -5.64. The molecule has 0 radical (unpaired) electrons. The third-order valence-corrected chi connectivity index (χ3v) is 18.1. The van der Waals surface area contributed by atoms with Crippen LogP contribution in [0, 0.1) is 35.0 Å². The fraction of sp³-hybridized carbons (Fsp3) is 0.607. The van der Waals surface area contributed by atoms with Crippen LogP contribution in [0.2, 0.25) is 0 Å². The van der Waals surface area contributed by atoms with Gasteiger partial charge in [-0.3, -0.25) is 68.1 Å². The minimum atomic E-state index is -1.09. The summed E-state index contributed by atoms with van der Waals surface area (Å²) in [5.41, 5.74) is 1.46. The van der Waals surface area contributed by atoms with E-state index in [1.165, 1.54) is 0 Å². The smallest absolute Gasteiger partial charge is 0.289 e. The number of carbonyl (C=O) groups is 10. The molecule has 5 N–H and O–H groups in total. The Morgan fingerprint density at radius 3 is 2.24 bits per heavy atom. The van der Waals surface area contributed by atoms with E-state index in [0.717, 1.165) is 92.9 Å². The molecule has 9 amide bonds. The molecule has 3 heterocycles. The van der Waals surface area contributed by atoms with Gasteiger partial charge in [0.05, 0.1) is 17.3 Å². The SMILES string of the molecule is C=N/C(=C\N=C(C)C(=O)N[C@H](C(=O)N[C@H](C(=O)N1C[C@@H]2CCC[C@@H]2[C@H]1C(=O)N[C@H](CCC)C(=O)C(=O)NC1CC1)C(C)(C)C)C1CCCCC1)C1CCC(Cc2ccc3cccc4c3c2C(=O)N(C2CCC(=O)NC2=O)C4=O)CC1. The molecule has 19 heteroatoms. The fourth-order valence-corrected chi connectivity index (χ4v) is 13.5. The molecule has 9 rings (SSSR count). The highest BCUT2D eigenvalue weighted by molar-refractivity contribution is 6.39. The number of benzene rings is 2. The molecule has 2 aromatic rings. The number of rotatable bonds is 19. The first-order chi connectivity index (χ1) is 38.3. The number of hydrogen-bond acceptors (Lipinski definition) is 12. The predicted octanol–water partition coefficient (Wildman–Crippen LogP) is 5.95. The standard InChI is InChI=1S/C61H79N9O10/c1-7-13-43(51(72)57(77)64-40-26-27-40)65-56(76)50-41-18-12-17-39(41)32-69(50)60(80)52(61(3,4)5)68-55(75)49(37-14-9-8-10-15-37)67-53(73)33(2)63-31-44(62-6)35-22-20-34(21-23-35)30-38-25-24-36-16-11-19-42-47(36)48(38)59(79)70(58(42)78)45-28-29-46(71)66-54(45)74/h11,16,19,24-25,31,34-35,37,39-41,43,45,49-50,52H,6-10,12-15,17-18,20-23,26-30,32H2,1-5H3,(H,64,77)(H,65,76)(H,67,73)(H,68,75)(H,66,71,74)/b44-31-,63-33?/t34?,35?,39-,41-,43+,45?,49-,50-,52+/m0/s1. The van der Waals surface area contributed by atoms with Gasteiger partial charge in [0.15, 0.2) is 0 Å². The molecule has 7 aliphatic rings. The van der Waals surface area contributed by atoms with E-state index < -0.39 is 94.6 Å². The summed E-state index contributed by atoms with van der Waals surface area (Å²) < 4.78 is 0. The number of nitrogens with zero attached hydrogens (tertiary/aromatic N) is 4. The molecular formula is C61H79N9O10. The van der Waals surface area contributed by atoms with Crippen molar-refractivity contribution < 1.29 is 47.9 Å². The van der Waals surface area contributed by atoms with Gasteiger partial charge in [-0.1, -0.05) is 84.1 Å². The number of nitrogens with one attached hydrogen (secondary N) is 5. The molecule has 3 aliphatic heterocycles. The number of hydrogen-bond donors (Lipinski definition) is 5. The first kappa shape index (κ1) is 57.8. The molecule has 7 atom stereocenters. The maximum absolute atomic E-state index is 15.0. The van der Waals surface area contributed by atoms with Crippen molar-refractivity contribution >= 4 is 82.1 Å². The molecule has 4 aliphatic carbocycles. The van der Waals surface area contributed by atoms with Crippen LogP contribution in [-0.4, -0.2) is 124 Å². The Bertz CT molecular complexity index is 2910. The molecular weight excluding hydrogens is 1020 g/mol. The van der Waals surface area contributed by atoms with Crippen LogP contribution in [0.4, 0.5) is 0 Å². The van der Waals surface area contributed by atoms with Gasteiger partial charge in [0.2, 0.25) is 35.3 Å². The molecule has 6 fully saturated rings. The van der Waals surface area contributed by atoms with Crippen LogP contribution in [-0.2, 0) is 44.8 Å². The molecule has 2 saturated heterocycles. The zero-order valence-electron chi connectivity index (χ0n) is 47.0. The summed E-state index contributed by atoms with van der Waals surface area (Å²) in [6, 6.07) is 4.05. The number of ketones is 1. The van der Waals surface area contributed by atoms with Crippen LogP contribution < -0.4 is 26.6 Å². The molecule has 1 unspecified atom stereocenters. The van der Waals surface area contributed by atoms with Crippen molar-refractivity contribution in [2.24, 2.45) is 45.0 Å². The number of Topliss-reactive ketones (excluding diaryl/α,β-unsaturated/α-hetero) is 1. The van der Waals surface area contributed by atoms with Crippen molar-refractivity contribution in [2.75, 3.05) is 6.54 Å². The average molecular weight is 1100 g/mol. The summed E-state index contributed by atoms with van der Waals surface area (Å²) in [6.07, 6.45) is 14.3. The van der Waals surface area contributed by atoms with E-state index in [2.05, 4.69) is 43.3 Å². The van der Waals surface area contributed by atoms with Crippen LogP contribution >= 0.6 is 0 Å². The van der Waals surface area contributed by atoms with Crippen molar-refractivity contribution in [3.63, 3.8) is 0 Å². The largest absolute Gasteiger partial charge is 0.347 e. The minimum Gasteiger partial charge on any atom is -0.347 e. The molecule has 19 nitrogen and oxygen atoms in total. The second kappa shape index (κ2) is 24.4.